The Hall–Kier alpha value is -2.71. The van der Waals surface area contributed by atoms with Crippen LogP contribution in [0.15, 0.2) is 53.0 Å². The van der Waals surface area contributed by atoms with E-state index >= 15 is 0 Å². The van der Waals surface area contributed by atoms with Crippen LogP contribution >= 0.6 is 15.9 Å². The van der Waals surface area contributed by atoms with Gasteiger partial charge in [-0.1, -0.05) is 46.3 Å². The fourth-order valence-electron chi connectivity index (χ4n) is 4.79. The van der Waals surface area contributed by atoms with Gasteiger partial charge in [-0.05, 0) is 30.7 Å². The molecule has 0 amide bonds. The van der Waals surface area contributed by atoms with Crippen molar-refractivity contribution in [3.05, 3.63) is 64.1 Å². The van der Waals surface area contributed by atoms with E-state index in [1.54, 1.807) is 55.5 Å². The Morgan fingerprint density at radius 1 is 1.03 bits per heavy atom. The van der Waals surface area contributed by atoms with Gasteiger partial charge in [0.2, 0.25) is 0 Å². The number of rotatable bonds is 3. The largest absolute Gasteiger partial charge is 0.468 e. The maximum absolute atomic E-state index is 13.5. The first-order valence-electron chi connectivity index (χ1n) is 9.32. The second-order valence-corrected chi connectivity index (χ2v) is 8.46. The third-order valence-corrected chi connectivity index (χ3v) is 6.57. The number of halogens is 1. The molecule has 2 aliphatic heterocycles. The van der Waals surface area contributed by atoms with Gasteiger partial charge in [-0.3, -0.25) is 19.7 Å². The number of hydrogen-bond donors (Lipinski definition) is 1. The Morgan fingerprint density at radius 3 is 2.30 bits per heavy atom. The molecule has 0 saturated carbocycles. The molecular formula is C22H20BrNO6. The molecule has 0 aliphatic carbocycles. The van der Waals surface area contributed by atoms with Crippen LogP contribution in [0.2, 0.25) is 0 Å². The zero-order valence-corrected chi connectivity index (χ0v) is 18.2. The quantitative estimate of drug-likeness (QED) is 0.416. The van der Waals surface area contributed by atoms with Crippen molar-refractivity contribution in [2.24, 2.45) is 5.41 Å². The summed E-state index contributed by atoms with van der Waals surface area (Å²) in [6, 6.07) is 13.1. The first-order chi connectivity index (χ1) is 14.3. The number of fused-ring (bicyclic) bond motifs is 3. The summed E-state index contributed by atoms with van der Waals surface area (Å²) in [5, 5.41) is 3.23. The topological polar surface area (TPSA) is 90.9 Å². The van der Waals surface area contributed by atoms with Gasteiger partial charge >= 0.3 is 17.9 Å². The van der Waals surface area contributed by atoms with Gasteiger partial charge < -0.3 is 14.2 Å². The van der Waals surface area contributed by atoms with Gasteiger partial charge in [0, 0.05) is 16.0 Å². The smallest absolute Gasteiger partial charge is 0.331 e. The maximum Gasteiger partial charge on any atom is 0.331 e. The third-order valence-electron chi connectivity index (χ3n) is 6.04. The van der Waals surface area contributed by atoms with E-state index in [0.29, 0.717) is 16.9 Å². The molecule has 1 saturated heterocycles. The number of esters is 3. The number of hydrogen-bond acceptors (Lipinski definition) is 7. The van der Waals surface area contributed by atoms with Gasteiger partial charge in [-0.2, -0.15) is 0 Å². The highest BCUT2D eigenvalue weighted by atomic mass is 79.9. The highest BCUT2D eigenvalue weighted by Gasteiger charge is 2.75. The average Bonchev–Trinajstić information content (AvgIpc) is 3.05. The first-order valence-corrected chi connectivity index (χ1v) is 10.1. The van der Waals surface area contributed by atoms with Gasteiger partial charge in [0.25, 0.3) is 0 Å². The summed E-state index contributed by atoms with van der Waals surface area (Å²) >= 11 is 3.39. The summed E-state index contributed by atoms with van der Waals surface area (Å²) < 4.78 is 16.7. The van der Waals surface area contributed by atoms with E-state index in [-0.39, 0.29) is 0 Å². The van der Waals surface area contributed by atoms with E-state index in [4.69, 9.17) is 14.2 Å². The average molecular weight is 474 g/mol. The second kappa shape index (κ2) is 7.21. The van der Waals surface area contributed by atoms with Crippen LogP contribution < -0.4 is 10.1 Å². The Balaban J connectivity index is 2.05. The van der Waals surface area contributed by atoms with E-state index in [9.17, 15) is 14.4 Å². The predicted octanol–water partition coefficient (Wildman–Crippen LogP) is 2.89. The number of methoxy groups -OCH3 is 2. The van der Waals surface area contributed by atoms with Crippen molar-refractivity contribution >= 4 is 33.8 Å². The summed E-state index contributed by atoms with van der Waals surface area (Å²) in [5.41, 5.74) is -2.02. The predicted molar refractivity (Wildman–Crippen MR) is 110 cm³/mol. The Morgan fingerprint density at radius 2 is 1.67 bits per heavy atom. The molecule has 4 rings (SSSR count). The van der Waals surface area contributed by atoms with E-state index in [1.807, 2.05) is 0 Å². The van der Waals surface area contributed by atoms with Crippen molar-refractivity contribution in [3.8, 4) is 5.75 Å². The van der Waals surface area contributed by atoms with Crippen molar-refractivity contribution in [1.29, 1.82) is 0 Å². The lowest BCUT2D eigenvalue weighted by Gasteiger charge is -2.40. The van der Waals surface area contributed by atoms with E-state index in [1.165, 1.54) is 14.2 Å². The van der Waals surface area contributed by atoms with Crippen LogP contribution in [0.5, 0.6) is 5.75 Å². The molecule has 1 fully saturated rings. The summed E-state index contributed by atoms with van der Waals surface area (Å²) in [6.45, 7) is 1.63. The van der Waals surface area contributed by atoms with Gasteiger partial charge in [0.05, 0.1) is 20.3 Å². The fourth-order valence-corrected chi connectivity index (χ4v) is 5.05. The molecule has 0 unspecified atom stereocenters. The molecule has 4 atom stereocenters. The van der Waals surface area contributed by atoms with Gasteiger partial charge in [0.15, 0.2) is 5.41 Å². The standard InChI is InChI=1S/C22H20BrNO6/c1-21(18(25)28-2)16-14-6-4-5-7-15(14)30-20(27)22(16,19(26)29-3)17(24-21)12-8-10-13(23)11-9-12/h4-11,16-17,24H,1-3H3/t16-,17+,21-,22-/m0/s1. The van der Waals surface area contributed by atoms with Crippen LogP contribution in [0.4, 0.5) is 0 Å². The lowest BCUT2D eigenvalue weighted by molar-refractivity contribution is -0.170. The SMILES string of the molecule is COC(=O)[C@]12C(=O)Oc3ccccc3[C@H]1[C@@](C)(C(=O)OC)N[C@@H]2c1ccc(Br)cc1. The number of nitrogens with one attached hydrogen (secondary N) is 1. The second-order valence-electron chi connectivity index (χ2n) is 7.54. The molecular weight excluding hydrogens is 454 g/mol. The van der Waals surface area contributed by atoms with Crippen LogP contribution in [0.25, 0.3) is 0 Å². The highest BCUT2D eigenvalue weighted by molar-refractivity contribution is 9.10. The van der Waals surface area contributed by atoms with Gasteiger partial charge in [-0.15, -0.1) is 0 Å². The molecule has 2 aliphatic rings. The van der Waals surface area contributed by atoms with Gasteiger partial charge in [-0.25, -0.2) is 0 Å². The molecule has 156 valence electrons. The first kappa shape index (κ1) is 20.6. The summed E-state index contributed by atoms with van der Waals surface area (Å²) in [7, 11) is 2.49. The van der Waals surface area contributed by atoms with Crippen molar-refractivity contribution < 1.29 is 28.6 Å². The minimum atomic E-state index is -1.82. The molecule has 0 spiro atoms. The van der Waals surface area contributed by atoms with Crippen LogP contribution in [-0.4, -0.2) is 37.7 Å². The molecule has 0 radical (unpaired) electrons. The van der Waals surface area contributed by atoms with Crippen LogP contribution in [0.1, 0.15) is 30.0 Å². The minimum Gasteiger partial charge on any atom is -0.468 e. The molecule has 2 aromatic carbocycles. The Labute approximate surface area is 181 Å². The van der Waals surface area contributed by atoms with Crippen molar-refractivity contribution in [2.45, 2.75) is 24.4 Å². The monoisotopic (exact) mass is 473 g/mol. The minimum absolute atomic E-state index is 0.306. The summed E-state index contributed by atoms with van der Waals surface area (Å²) in [4.78, 5) is 39.8. The van der Waals surface area contributed by atoms with E-state index < -0.39 is 40.8 Å². The number of benzene rings is 2. The third kappa shape index (κ3) is 2.63. The van der Waals surface area contributed by atoms with Crippen molar-refractivity contribution in [1.82, 2.24) is 5.32 Å². The van der Waals surface area contributed by atoms with Crippen LogP contribution in [0, 0.1) is 5.41 Å². The zero-order valence-electron chi connectivity index (χ0n) is 16.6. The number of para-hydroxylation sites is 1. The molecule has 0 aromatic heterocycles. The van der Waals surface area contributed by atoms with Gasteiger partial charge in [0.1, 0.15) is 11.3 Å². The summed E-state index contributed by atoms with van der Waals surface area (Å²) in [6.07, 6.45) is 0. The lowest BCUT2D eigenvalue weighted by atomic mass is 9.62. The fraction of sp³-hybridized carbons (Fsp3) is 0.318. The molecule has 30 heavy (non-hydrogen) atoms. The van der Waals surface area contributed by atoms with Crippen LogP contribution in [0.3, 0.4) is 0 Å². The molecule has 2 aromatic rings. The molecule has 8 heteroatoms. The normalized spacial score (nSPS) is 29.4. The highest BCUT2D eigenvalue weighted by Crippen LogP contribution is 2.62. The van der Waals surface area contributed by atoms with E-state index in [0.717, 1.165) is 4.47 Å². The molecule has 1 N–H and O–H groups in total. The Kier molecular flexibility index (Phi) is 4.94. The number of carbonyl (C=O) groups excluding carboxylic acids is 3. The molecule has 7 nitrogen and oxygen atoms in total. The van der Waals surface area contributed by atoms with Crippen molar-refractivity contribution in [2.75, 3.05) is 14.2 Å². The van der Waals surface area contributed by atoms with Crippen molar-refractivity contribution in [3.63, 3.8) is 0 Å². The maximum atomic E-state index is 13.5. The number of carbonyl (C=O) groups is 3. The zero-order chi connectivity index (χ0) is 21.7. The van der Waals surface area contributed by atoms with E-state index in [2.05, 4.69) is 21.2 Å². The number of ether oxygens (including phenoxy) is 3. The summed E-state index contributed by atoms with van der Waals surface area (Å²) in [5.74, 6) is -2.74. The van der Waals surface area contributed by atoms with Crippen LogP contribution in [-0.2, 0) is 23.9 Å². The molecule has 2 heterocycles. The lowest BCUT2D eigenvalue weighted by Crippen LogP contribution is -2.55. The Bertz CT molecular complexity index is 1040. The molecule has 0 bridgehead atoms.